The molecule has 8 heteroatoms. The summed E-state index contributed by atoms with van der Waals surface area (Å²) in [4.78, 5) is 16.5. The number of oxime groups is 1. The van der Waals surface area contributed by atoms with E-state index in [9.17, 15) is 13.6 Å². The minimum Gasteiger partial charge on any atom is -0.434 e. The second kappa shape index (κ2) is 8.83. The maximum atomic E-state index is 12.3. The molecule has 0 bridgehead atoms. The minimum atomic E-state index is -2.94. The smallest absolute Gasteiger partial charge is 0.387 e. The van der Waals surface area contributed by atoms with E-state index in [0.717, 1.165) is 0 Å². The number of hydrogen-bond acceptors (Lipinski definition) is 4. The van der Waals surface area contributed by atoms with E-state index in [1.165, 1.54) is 18.3 Å². The van der Waals surface area contributed by atoms with E-state index in [0.29, 0.717) is 16.3 Å². The average molecular weight is 355 g/mol. The number of para-hydroxylation sites is 2. The molecule has 126 valence electrons. The second-order valence-electron chi connectivity index (χ2n) is 4.45. The number of nitrogens with one attached hydrogen (secondary N) is 1. The van der Waals surface area contributed by atoms with Gasteiger partial charge in [-0.2, -0.15) is 8.78 Å². The van der Waals surface area contributed by atoms with Crippen molar-refractivity contribution in [3.05, 3.63) is 59.1 Å². The third kappa shape index (κ3) is 5.51. The summed E-state index contributed by atoms with van der Waals surface area (Å²) in [5.41, 5.74) is 0.747. The molecule has 0 fully saturated rings. The van der Waals surface area contributed by atoms with E-state index < -0.39 is 12.5 Å². The zero-order chi connectivity index (χ0) is 17.4. The van der Waals surface area contributed by atoms with Crippen LogP contribution in [0.2, 0.25) is 5.02 Å². The van der Waals surface area contributed by atoms with Gasteiger partial charge in [-0.1, -0.05) is 41.0 Å². The van der Waals surface area contributed by atoms with Crippen molar-refractivity contribution in [2.75, 3.05) is 11.9 Å². The van der Waals surface area contributed by atoms with Gasteiger partial charge in [-0.25, -0.2) is 0 Å². The minimum absolute atomic E-state index is 0.0413. The van der Waals surface area contributed by atoms with Crippen LogP contribution in [0.3, 0.4) is 0 Å². The van der Waals surface area contributed by atoms with Crippen LogP contribution < -0.4 is 10.1 Å². The first-order valence-corrected chi connectivity index (χ1v) is 7.17. The van der Waals surface area contributed by atoms with Crippen LogP contribution in [0.4, 0.5) is 14.5 Å². The lowest BCUT2D eigenvalue weighted by Gasteiger charge is -2.07. The van der Waals surface area contributed by atoms with Crippen molar-refractivity contribution in [3.8, 4) is 5.75 Å². The topological polar surface area (TPSA) is 59.9 Å². The maximum Gasteiger partial charge on any atom is 0.387 e. The SMILES string of the molecule is O=C(CO/N=C/c1ccccc1OC(F)F)Nc1ccccc1Cl. The number of benzene rings is 2. The first kappa shape index (κ1) is 17.7. The molecule has 0 atom stereocenters. The lowest BCUT2D eigenvalue weighted by molar-refractivity contribution is -0.120. The largest absolute Gasteiger partial charge is 0.434 e. The van der Waals surface area contributed by atoms with Gasteiger partial charge in [0.15, 0.2) is 6.61 Å². The van der Waals surface area contributed by atoms with E-state index >= 15 is 0 Å². The summed E-state index contributed by atoms with van der Waals surface area (Å²) in [5.74, 6) is -0.502. The standard InChI is InChI=1S/C16H13ClF2N2O3/c17-12-6-2-3-7-13(12)21-15(22)10-23-20-9-11-5-1-4-8-14(11)24-16(18)19/h1-9,16H,10H2,(H,21,22)/b20-9+. The van der Waals surface area contributed by atoms with Crippen molar-refractivity contribution in [1.29, 1.82) is 0 Å². The molecule has 24 heavy (non-hydrogen) atoms. The predicted octanol–water partition coefficient (Wildman–Crippen LogP) is 3.93. The van der Waals surface area contributed by atoms with Gasteiger partial charge in [0.2, 0.25) is 0 Å². The third-order valence-corrected chi connectivity index (χ3v) is 3.07. The number of anilines is 1. The Hall–Kier alpha value is -2.67. The Morgan fingerprint density at radius 3 is 2.67 bits per heavy atom. The number of alkyl halides is 2. The fourth-order valence-corrected chi connectivity index (χ4v) is 1.91. The van der Waals surface area contributed by atoms with Crippen LogP contribution in [0, 0.1) is 0 Å². The van der Waals surface area contributed by atoms with Gasteiger partial charge in [-0.15, -0.1) is 0 Å². The molecule has 0 spiro atoms. The Bertz CT molecular complexity index is 726. The molecule has 0 heterocycles. The normalized spacial score (nSPS) is 10.8. The molecule has 0 aliphatic heterocycles. The lowest BCUT2D eigenvalue weighted by atomic mass is 10.2. The van der Waals surface area contributed by atoms with E-state index in [1.807, 2.05) is 0 Å². The Morgan fingerprint density at radius 1 is 1.21 bits per heavy atom. The highest BCUT2D eigenvalue weighted by molar-refractivity contribution is 6.33. The summed E-state index contributed by atoms with van der Waals surface area (Å²) in [5, 5.41) is 6.52. The molecule has 0 saturated carbocycles. The maximum absolute atomic E-state index is 12.3. The summed E-state index contributed by atoms with van der Waals surface area (Å²) in [6, 6.07) is 12.8. The molecule has 2 aromatic rings. The molecule has 0 unspecified atom stereocenters. The van der Waals surface area contributed by atoms with Crippen molar-refractivity contribution in [2.24, 2.45) is 5.16 Å². The van der Waals surface area contributed by atoms with Crippen LogP contribution in [-0.4, -0.2) is 25.3 Å². The molecular weight excluding hydrogens is 342 g/mol. The highest BCUT2D eigenvalue weighted by atomic mass is 35.5. The average Bonchev–Trinajstić information content (AvgIpc) is 2.55. The van der Waals surface area contributed by atoms with Gasteiger partial charge in [0, 0.05) is 5.56 Å². The molecule has 2 aromatic carbocycles. The number of amides is 1. The van der Waals surface area contributed by atoms with Crippen molar-refractivity contribution in [3.63, 3.8) is 0 Å². The van der Waals surface area contributed by atoms with Gasteiger partial charge in [0.1, 0.15) is 5.75 Å². The summed E-state index contributed by atoms with van der Waals surface area (Å²) >= 11 is 5.91. The Labute approximate surface area is 141 Å². The Kier molecular flexibility index (Phi) is 6.51. The predicted molar refractivity (Wildman–Crippen MR) is 86.7 cm³/mol. The Balaban J connectivity index is 1.87. The first-order chi connectivity index (χ1) is 11.6. The quantitative estimate of drug-likeness (QED) is 0.605. The Morgan fingerprint density at radius 2 is 1.92 bits per heavy atom. The summed E-state index contributed by atoms with van der Waals surface area (Å²) in [7, 11) is 0. The van der Waals surface area contributed by atoms with Gasteiger partial charge in [0.25, 0.3) is 5.91 Å². The van der Waals surface area contributed by atoms with Crippen molar-refractivity contribution in [2.45, 2.75) is 6.61 Å². The van der Waals surface area contributed by atoms with E-state index in [4.69, 9.17) is 16.4 Å². The van der Waals surface area contributed by atoms with Gasteiger partial charge >= 0.3 is 6.61 Å². The highest BCUT2D eigenvalue weighted by Crippen LogP contribution is 2.20. The molecule has 1 amide bonds. The summed E-state index contributed by atoms with van der Waals surface area (Å²) in [6.07, 6.45) is 1.18. The number of carbonyl (C=O) groups is 1. The van der Waals surface area contributed by atoms with Gasteiger partial charge in [-0.05, 0) is 24.3 Å². The molecule has 0 aliphatic rings. The fourth-order valence-electron chi connectivity index (χ4n) is 1.73. The highest BCUT2D eigenvalue weighted by Gasteiger charge is 2.08. The van der Waals surface area contributed by atoms with Gasteiger partial charge in [0.05, 0.1) is 16.9 Å². The first-order valence-electron chi connectivity index (χ1n) is 6.80. The third-order valence-electron chi connectivity index (χ3n) is 2.74. The van der Waals surface area contributed by atoms with Crippen LogP contribution in [0.1, 0.15) is 5.56 Å². The van der Waals surface area contributed by atoms with Gasteiger partial charge in [-0.3, -0.25) is 4.79 Å². The van der Waals surface area contributed by atoms with E-state index in [-0.39, 0.29) is 12.4 Å². The molecule has 0 saturated heterocycles. The monoisotopic (exact) mass is 354 g/mol. The number of rotatable bonds is 7. The molecular formula is C16H13ClF2N2O3. The number of halogens is 3. The summed E-state index contributed by atoms with van der Waals surface area (Å²) in [6.45, 7) is -3.30. The zero-order valence-corrected chi connectivity index (χ0v) is 13.0. The van der Waals surface area contributed by atoms with Crippen molar-refractivity contribution >= 4 is 29.4 Å². The van der Waals surface area contributed by atoms with Gasteiger partial charge < -0.3 is 14.9 Å². The van der Waals surface area contributed by atoms with Crippen LogP contribution in [-0.2, 0) is 9.63 Å². The van der Waals surface area contributed by atoms with Crippen molar-refractivity contribution < 1.29 is 23.1 Å². The van der Waals surface area contributed by atoms with Crippen LogP contribution in [0.25, 0.3) is 0 Å². The number of carbonyl (C=O) groups excluding carboxylic acids is 1. The number of ether oxygens (including phenoxy) is 1. The van der Waals surface area contributed by atoms with Crippen molar-refractivity contribution in [1.82, 2.24) is 0 Å². The summed E-state index contributed by atoms with van der Waals surface area (Å²) < 4.78 is 28.9. The molecule has 0 aromatic heterocycles. The molecule has 5 nitrogen and oxygen atoms in total. The van der Waals surface area contributed by atoms with E-state index in [1.54, 1.807) is 36.4 Å². The fraction of sp³-hybridized carbons (Fsp3) is 0.125. The second-order valence-corrected chi connectivity index (χ2v) is 4.86. The zero-order valence-electron chi connectivity index (χ0n) is 12.3. The molecule has 2 rings (SSSR count). The molecule has 0 radical (unpaired) electrons. The van der Waals surface area contributed by atoms with Crippen LogP contribution in [0.5, 0.6) is 5.75 Å². The van der Waals surface area contributed by atoms with Crippen LogP contribution >= 0.6 is 11.6 Å². The van der Waals surface area contributed by atoms with E-state index in [2.05, 4.69) is 15.2 Å². The molecule has 0 aliphatic carbocycles. The number of hydrogen-bond donors (Lipinski definition) is 1. The lowest BCUT2D eigenvalue weighted by Crippen LogP contribution is -2.17. The van der Waals surface area contributed by atoms with Crippen LogP contribution in [0.15, 0.2) is 53.7 Å². The number of nitrogens with zero attached hydrogens (tertiary/aromatic N) is 1. The molecule has 1 N–H and O–H groups in total.